The van der Waals surface area contributed by atoms with Crippen LogP contribution in [0.15, 0.2) is 29.2 Å². The van der Waals surface area contributed by atoms with Gasteiger partial charge in [-0.2, -0.15) is 4.31 Å². The minimum Gasteiger partial charge on any atom is -0.395 e. The SMILES string of the molecule is Cc1ccc(S(=O)(=O)N2C[C@@H](O)C[C@H]2CO)cc1. The van der Waals surface area contributed by atoms with Crippen molar-refractivity contribution in [2.24, 2.45) is 0 Å². The summed E-state index contributed by atoms with van der Waals surface area (Å²) in [4.78, 5) is 0.195. The molecule has 2 rings (SSSR count). The van der Waals surface area contributed by atoms with Gasteiger partial charge in [0.15, 0.2) is 0 Å². The van der Waals surface area contributed by atoms with Gasteiger partial charge in [-0.1, -0.05) is 17.7 Å². The van der Waals surface area contributed by atoms with Crippen molar-refractivity contribution in [3.05, 3.63) is 29.8 Å². The predicted octanol–water partition coefficient (Wildman–Crippen LogP) is 0.111. The highest BCUT2D eigenvalue weighted by Crippen LogP contribution is 2.26. The van der Waals surface area contributed by atoms with Crippen molar-refractivity contribution in [3.8, 4) is 0 Å². The lowest BCUT2D eigenvalue weighted by Crippen LogP contribution is -2.37. The molecule has 0 saturated carbocycles. The van der Waals surface area contributed by atoms with Crippen molar-refractivity contribution in [3.63, 3.8) is 0 Å². The molecule has 1 aliphatic heterocycles. The van der Waals surface area contributed by atoms with Crippen molar-refractivity contribution in [1.82, 2.24) is 4.31 Å². The number of rotatable bonds is 3. The Kier molecular flexibility index (Phi) is 3.72. The second-order valence-electron chi connectivity index (χ2n) is 4.61. The number of aliphatic hydroxyl groups is 2. The van der Waals surface area contributed by atoms with Gasteiger partial charge < -0.3 is 10.2 Å². The fraction of sp³-hybridized carbons (Fsp3) is 0.500. The van der Waals surface area contributed by atoms with Gasteiger partial charge >= 0.3 is 0 Å². The van der Waals surface area contributed by atoms with Gasteiger partial charge in [0.2, 0.25) is 10.0 Å². The van der Waals surface area contributed by atoms with Crippen molar-refractivity contribution in [2.75, 3.05) is 13.2 Å². The summed E-state index contributed by atoms with van der Waals surface area (Å²) in [6.45, 7) is 1.65. The number of hydrogen-bond donors (Lipinski definition) is 2. The number of aryl methyl sites for hydroxylation is 1. The molecule has 6 heteroatoms. The van der Waals surface area contributed by atoms with Crippen LogP contribution in [0.2, 0.25) is 0 Å². The standard InChI is InChI=1S/C12H17NO4S/c1-9-2-4-12(5-3-9)18(16,17)13-7-11(15)6-10(13)8-14/h2-5,10-11,14-15H,6-8H2,1H3/t10-,11-/m0/s1. The molecule has 18 heavy (non-hydrogen) atoms. The average molecular weight is 271 g/mol. The highest BCUT2D eigenvalue weighted by Gasteiger charge is 2.39. The summed E-state index contributed by atoms with van der Waals surface area (Å²) in [5.41, 5.74) is 0.981. The van der Waals surface area contributed by atoms with E-state index >= 15 is 0 Å². The van der Waals surface area contributed by atoms with E-state index < -0.39 is 22.2 Å². The Hall–Kier alpha value is -0.950. The van der Waals surface area contributed by atoms with Gasteiger partial charge in [-0.3, -0.25) is 0 Å². The van der Waals surface area contributed by atoms with Gasteiger partial charge in [0, 0.05) is 6.54 Å². The maximum absolute atomic E-state index is 12.4. The molecule has 0 bridgehead atoms. The summed E-state index contributed by atoms with van der Waals surface area (Å²) < 4.78 is 25.9. The molecule has 2 atom stereocenters. The van der Waals surface area contributed by atoms with Gasteiger partial charge in [-0.15, -0.1) is 0 Å². The second-order valence-corrected chi connectivity index (χ2v) is 6.50. The molecule has 0 radical (unpaired) electrons. The zero-order valence-electron chi connectivity index (χ0n) is 10.2. The third-order valence-electron chi connectivity index (χ3n) is 3.18. The number of hydrogen-bond acceptors (Lipinski definition) is 4. The highest BCUT2D eigenvalue weighted by molar-refractivity contribution is 7.89. The first-order valence-electron chi connectivity index (χ1n) is 5.82. The van der Waals surface area contributed by atoms with Crippen LogP contribution in [0.4, 0.5) is 0 Å². The number of benzene rings is 1. The average Bonchev–Trinajstić information content (AvgIpc) is 2.72. The summed E-state index contributed by atoms with van der Waals surface area (Å²) >= 11 is 0. The lowest BCUT2D eigenvalue weighted by molar-refractivity contribution is 0.184. The lowest BCUT2D eigenvalue weighted by atomic mass is 10.2. The highest BCUT2D eigenvalue weighted by atomic mass is 32.2. The van der Waals surface area contributed by atoms with Crippen LogP contribution in [0.5, 0.6) is 0 Å². The molecule has 0 amide bonds. The third kappa shape index (κ3) is 2.42. The van der Waals surface area contributed by atoms with E-state index in [2.05, 4.69) is 0 Å². The summed E-state index contributed by atoms with van der Waals surface area (Å²) in [7, 11) is -3.64. The Morgan fingerprint density at radius 3 is 2.50 bits per heavy atom. The molecule has 0 aliphatic carbocycles. The van der Waals surface area contributed by atoms with Gasteiger partial charge in [-0.25, -0.2) is 8.42 Å². The summed E-state index contributed by atoms with van der Waals surface area (Å²) in [6, 6.07) is 6.01. The van der Waals surface area contributed by atoms with Gasteiger partial charge in [0.05, 0.1) is 23.6 Å². The molecule has 1 saturated heterocycles. The molecule has 0 unspecified atom stereocenters. The van der Waals surface area contributed by atoms with E-state index in [0.29, 0.717) is 0 Å². The van der Waals surface area contributed by atoms with Crippen molar-refractivity contribution in [1.29, 1.82) is 0 Å². The Morgan fingerprint density at radius 2 is 1.94 bits per heavy atom. The van der Waals surface area contributed by atoms with Crippen LogP contribution >= 0.6 is 0 Å². The van der Waals surface area contributed by atoms with Crippen LogP contribution in [0, 0.1) is 6.92 Å². The molecule has 1 aromatic rings. The molecule has 1 aliphatic rings. The van der Waals surface area contributed by atoms with E-state index in [4.69, 9.17) is 0 Å². The Labute approximate surface area is 107 Å². The third-order valence-corrected chi connectivity index (χ3v) is 5.11. The first-order valence-corrected chi connectivity index (χ1v) is 7.26. The predicted molar refractivity (Wildman–Crippen MR) is 66.6 cm³/mol. The maximum atomic E-state index is 12.4. The minimum absolute atomic E-state index is 0.0431. The molecule has 1 heterocycles. The number of sulfonamides is 1. The molecule has 0 aromatic heterocycles. The Balaban J connectivity index is 2.33. The molecule has 2 N–H and O–H groups in total. The number of nitrogens with zero attached hydrogens (tertiary/aromatic N) is 1. The largest absolute Gasteiger partial charge is 0.395 e. The zero-order chi connectivity index (χ0) is 13.3. The molecular formula is C12H17NO4S. The molecular weight excluding hydrogens is 254 g/mol. The van der Waals surface area contributed by atoms with Gasteiger partial charge in [0.25, 0.3) is 0 Å². The van der Waals surface area contributed by atoms with Crippen molar-refractivity contribution >= 4 is 10.0 Å². The second kappa shape index (κ2) is 4.97. The van der Waals surface area contributed by atoms with E-state index in [9.17, 15) is 18.6 Å². The van der Waals surface area contributed by atoms with Crippen LogP contribution in [-0.2, 0) is 10.0 Å². The Morgan fingerprint density at radius 1 is 1.33 bits per heavy atom. The Bertz CT molecular complexity index is 511. The van der Waals surface area contributed by atoms with Gasteiger partial charge in [0.1, 0.15) is 0 Å². The lowest BCUT2D eigenvalue weighted by Gasteiger charge is -2.22. The molecule has 0 spiro atoms. The van der Waals surface area contributed by atoms with Gasteiger partial charge in [-0.05, 0) is 25.5 Å². The van der Waals surface area contributed by atoms with E-state index in [0.717, 1.165) is 5.56 Å². The normalized spacial score (nSPS) is 25.5. The first kappa shape index (κ1) is 13.5. The van der Waals surface area contributed by atoms with Crippen LogP contribution in [0.3, 0.4) is 0 Å². The topological polar surface area (TPSA) is 77.8 Å². The first-order chi connectivity index (χ1) is 8.45. The fourth-order valence-corrected chi connectivity index (χ4v) is 3.83. The monoisotopic (exact) mass is 271 g/mol. The number of aliphatic hydroxyl groups excluding tert-OH is 2. The summed E-state index contributed by atoms with van der Waals surface area (Å²) in [5.74, 6) is 0. The smallest absolute Gasteiger partial charge is 0.243 e. The molecule has 1 fully saturated rings. The quantitative estimate of drug-likeness (QED) is 0.818. The zero-order valence-corrected chi connectivity index (χ0v) is 11.0. The van der Waals surface area contributed by atoms with E-state index in [1.54, 1.807) is 24.3 Å². The summed E-state index contributed by atoms with van der Waals surface area (Å²) in [5, 5.41) is 18.7. The molecule has 100 valence electrons. The molecule has 1 aromatic carbocycles. The van der Waals surface area contributed by atoms with E-state index in [1.807, 2.05) is 6.92 Å². The molecule has 5 nitrogen and oxygen atoms in total. The maximum Gasteiger partial charge on any atom is 0.243 e. The minimum atomic E-state index is -3.64. The fourth-order valence-electron chi connectivity index (χ4n) is 2.17. The van der Waals surface area contributed by atoms with Crippen LogP contribution < -0.4 is 0 Å². The van der Waals surface area contributed by atoms with Crippen LogP contribution in [0.25, 0.3) is 0 Å². The van der Waals surface area contributed by atoms with Crippen LogP contribution in [0.1, 0.15) is 12.0 Å². The van der Waals surface area contributed by atoms with Crippen molar-refractivity contribution < 1.29 is 18.6 Å². The number of β-amino-alcohol motifs (C(OH)–C–C–N with tert-alkyl or cyclic N) is 1. The summed E-state index contributed by atoms with van der Waals surface area (Å²) in [6.07, 6.45) is -0.427. The van der Waals surface area contributed by atoms with Crippen LogP contribution in [-0.4, -0.2) is 48.2 Å². The van der Waals surface area contributed by atoms with E-state index in [1.165, 1.54) is 4.31 Å². The van der Waals surface area contributed by atoms with Crippen molar-refractivity contribution in [2.45, 2.75) is 30.4 Å². The van der Waals surface area contributed by atoms with E-state index in [-0.39, 0.29) is 24.5 Å².